The lowest BCUT2D eigenvalue weighted by molar-refractivity contribution is -2.00. The van der Waals surface area contributed by atoms with E-state index in [2.05, 4.69) is 42.5 Å². The summed E-state index contributed by atoms with van der Waals surface area (Å²) >= 11 is 0. The Labute approximate surface area is 154 Å². The van der Waals surface area contributed by atoms with Gasteiger partial charge in [0.2, 0.25) is 0 Å². The van der Waals surface area contributed by atoms with Crippen molar-refractivity contribution in [3.63, 3.8) is 0 Å². The Balaban J connectivity index is 0.000000399. The number of halogens is 1. The molecule has 25 heavy (non-hydrogen) atoms. The summed E-state index contributed by atoms with van der Waals surface area (Å²) in [6.07, 6.45) is 0. The van der Waals surface area contributed by atoms with Gasteiger partial charge >= 0.3 is 10.3 Å². The molecule has 2 aromatic carbocycles. The predicted molar refractivity (Wildman–Crippen MR) is 88.6 cm³/mol. The molecule has 1 N–H and O–H groups in total. The van der Waals surface area contributed by atoms with Crippen molar-refractivity contribution in [3.05, 3.63) is 59.7 Å². The van der Waals surface area contributed by atoms with Gasteiger partial charge in [-0.25, -0.2) is 18.6 Å². The van der Waals surface area contributed by atoms with Gasteiger partial charge in [0.15, 0.2) is 10.3 Å². The minimum atomic E-state index is -4.94. The molecule has 132 valence electrons. The van der Waals surface area contributed by atoms with E-state index >= 15 is 0 Å². The van der Waals surface area contributed by atoms with Crippen LogP contribution in [0.5, 0.6) is 5.75 Å². The highest BCUT2D eigenvalue weighted by molar-refractivity contribution is 7.72. The van der Waals surface area contributed by atoms with Crippen molar-refractivity contribution in [1.29, 1.82) is 0 Å². The Kier molecular flexibility index (Phi) is 6.47. The molecule has 0 amide bonds. The van der Waals surface area contributed by atoms with Gasteiger partial charge < -0.3 is 5.11 Å². The van der Waals surface area contributed by atoms with Gasteiger partial charge in [-0.1, -0.05) is 30.3 Å². The molecule has 3 rings (SSSR count). The van der Waals surface area contributed by atoms with E-state index in [0.29, 0.717) is 5.75 Å². The van der Waals surface area contributed by atoms with Crippen LogP contribution < -0.4 is 18.6 Å². The van der Waals surface area contributed by atoms with Gasteiger partial charge in [-0.2, -0.15) is 0 Å². The lowest BCUT2D eigenvalue weighted by Gasteiger charge is -2.17. The molecule has 1 heterocycles. The quantitative estimate of drug-likeness (QED) is 0.511. The first-order valence-corrected chi connectivity index (χ1v) is 10.4. The zero-order valence-electron chi connectivity index (χ0n) is 13.4. The van der Waals surface area contributed by atoms with E-state index in [0.717, 1.165) is 11.1 Å². The molecule has 0 radical (unpaired) electrons. The van der Waals surface area contributed by atoms with Crippen LogP contribution in [0.1, 0.15) is 11.1 Å². The first-order valence-electron chi connectivity index (χ1n) is 7.06. The Morgan fingerprint density at radius 3 is 1.92 bits per heavy atom. The number of aryl methyl sites for hydroxylation is 2. The monoisotopic (exact) mass is 398 g/mol. The van der Waals surface area contributed by atoms with Crippen LogP contribution in [-0.4, -0.2) is 5.11 Å². The highest BCUT2D eigenvalue weighted by Crippen LogP contribution is 2.39. The van der Waals surface area contributed by atoms with Crippen molar-refractivity contribution in [2.24, 2.45) is 0 Å². The maximum Gasteiger partial charge on any atom is 0.301 e. The molecule has 0 bridgehead atoms. The molecule has 3 aromatic rings. The van der Waals surface area contributed by atoms with Gasteiger partial charge in [0, 0.05) is 11.6 Å². The lowest BCUT2D eigenvalue weighted by atomic mass is 10.0. The Bertz CT molecular complexity index is 815. The molecule has 0 aliphatic rings. The summed E-state index contributed by atoms with van der Waals surface area (Å²) in [5, 5.41) is 9.87. The fourth-order valence-corrected chi connectivity index (χ4v) is 4.66. The zero-order chi connectivity index (χ0) is 18.6. The lowest BCUT2D eigenvalue weighted by Crippen LogP contribution is -2.68. The van der Waals surface area contributed by atoms with E-state index in [1.165, 1.54) is 20.9 Å². The van der Waals surface area contributed by atoms with Crippen LogP contribution in [-0.2, 0) is 0 Å². The fraction of sp³-hybridized carbons (Fsp3) is 0.118. The number of benzene rings is 2. The standard InChI is InChI=1S/C17H14OS2.ClHO4/c1-11-8-14(9-12(2)17(11)18)16-10-15(19-20-16)13-6-4-3-5-7-13;2-1(3,4)5/h3-10H,1-2H3;(H,2,3,4,5). The van der Waals surface area contributed by atoms with Gasteiger partial charge in [0.1, 0.15) is 5.75 Å². The summed E-state index contributed by atoms with van der Waals surface area (Å²) < 4.78 is 34.0. The zero-order valence-corrected chi connectivity index (χ0v) is 15.8. The number of rotatable bonds is 2. The highest BCUT2D eigenvalue weighted by Gasteiger charge is 2.18. The molecular weight excluding hydrogens is 384 g/mol. The van der Waals surface area contributed by atoms with Gasteiger partial charge in [-0.15, -0.1) is 10.2 Å². The number of phenolic OH excluding ortho intramolecular Hbond substituents is 1. The molecule has 0 aliphatic carbocycles. The van der Waals surface area contributed by atoms with Crippen LogP contribution in [0.3, 0.4) is 0 Å². The van der Waals surface area contributed by atoms with Crippen LogP contribution in [0.2, 0.25) is 0 Å². The first-order chi connectivity index (χ1) is 11.6. The second kappa shape index (κ2) is 8.20. The number of hydrogen-bond donors (Lipinski definition) is 1. The van der Waals surface area contributed by atoms with Crippen molar-refractivity contribution < 1.29 is 34.0 Å². The second-order valence-corrected chi connectivity index (χ2v) is 8.21. The SMILES string of the molecule is Cc1cc(-c2cc(-c3ccccc3)s[s+]2)cc(C)c1O.[O-][Cl+3]([O-])([O-])[O-]. The van der Waals surface area contributed by atoms with Crippen molar-refractivity contribution in [2.75, 3.05) is 0 Å². The molecule has 0 spiro atoms. The summed E-state index contributed by atoms with van der Waals surface area (Å²) in [5.74, 6) is 0.400. The molecule has 0 saturated carbocycles. The van der Waals surface area contributed by atoms with Crippen molar-refractivity contribution >= 4 is 20.7 Å². The van der Waals surface area contributed by atoms with Gasteiger partial charge in [-0.3, -0.25) is 0 Å². The van der Waals surface area contributed by atoms with E-state index in [4.69, 9.17) is 18.6 Å². The maximum atomic E-state index is 9.87. The van der Waals surface area contributed by atoms with E-state index in [1.807, 2.05) is 19.9 Å². The summed E-state index contributed by atoms with van der Waals surface area (Å²) in [4.78, 5) is 2.54. The third-order valence-corrected chi connectivity index (χ3v) is 5.79. The molecule has 0 atom stereocenters. The van der Waals surface area contributed by atoms with E-state index in [9.17, 15) is 5.11 Å². The molecule has 1 aromatic heterocycles. The van der Waals surface area contributed by atoms with Gasteiger partial charge in [0.05, 0.1) is 4.88 Å². The van der Waals surface area contributed by atoms with E-state index in [1.54, 1.807) is 20.7 Å². The molecule has 0 unspecified atom stereocenters. The van der Waals surface area contributed by atoms with E-state index in [-0.39, 0.29) is 0 Å². The molecule has 0 saturated heterocycles. The van der Waals surface area contributed by atoms with Crippen LogP contribution in [0.25, 0.3) is 20.9 Å². The Morgan fingerprint density at radius 1 is 0.880 bits per heavy atom. The normalized spacial score (nSPS) is 11.0. The van der Waals surface area contributed by atoms with Crippen molar-refractivity contribution in [3.8, 4) is 26.6 Å². The summed E-state index contributed by atoms with van der Waals surface area (Å²) in [7, 11) is -1.37. The smallest absolute Gasteiger partial charge is 0.301 e. The van der Waals surface area contributed by atoms with Crippen LogP contribution in [0.4, 0.5) is 0 Å². The Morgan fingerprint density at radius 2 is 1.40 bits per heavy atom. The first kappa shape index (κ1) is 19.7. The summed E-state index contributed by atoms with van der Waals surface area (Å²) in [6.45, 7) is 3.89. The molecule has 0 aliphatic heterocycles. The third-order valence-electron chi connectivity index (χ3n) is 3.32. The fourth-order valence-electron chi connectivity index (χ4n) is 2.22. The predicted octanol–water partition coefficient (Wildman–Crippen LogP) is 0.991. The minimum absolute atomic E-state index is 0.400. The Hall–Kier alpha value is -1.58. The third kappa shape index (κ3) is 6.02. The highest BCUT2D eigenvalue weighted by atomic mass is 35.7. The average molecular weight is 399 g/mol. The summed E-state index contributed by atoms with van der Waals surface area (Å²) in [5.41, 5.74) is 4.30. The van der Waals surface area contributed by atoms with Crippen molar-refractivity contribution in [2.45, 2.75) is 13.8 Å². The van der Waals surface area contributed by atoms with Crippen LogP contribution in [0.15, 0.2) is 48.5 Å². The van der Waals surface area contributed by atoms with Gasteiger partial charge in [0.25, 0.3) is 4.88 Å². The number of aromatic hydroxyl groups is 1. The van der Waals surface area contributed by atoms with Gasteiger partial charge in [-0.05, 0) is 42.7 Å². The largest absolute Gasteiger partial charge is 0.507 e. The van der Waals surface area contributed by atoms with Crippen molar-refractivity contribution in [1.82, 2.24) is 0 Å². The van der Waals surface area contributed by atoms with Crippen LogP contribution in [0, 0.1) is 24.1 Å². The van der Waals surface area contributed by atoms with Crippen LogP contribution >= 0.6 is 20.7 Å². The second-order valence-electron chi connectivity index (χ2n) is 5.24. The number of phenols is 1. The molecule has 0 fully saturated rings. The minimum Gasteiger partial charge on any atom is -0.507 e. The maximum absolute atomic E-state index is 9.87. The molecule has 5 nitrogen and oxygen atoms in total. The van der Waals surface area contributed by atoms with E-state index < -0.39 is 10.2 Å². The number of hydrogen-bond acceptors (Lipinski definition) is 6. The molecular formula is C17H15ClO5S2. The molecule has 8 heteroatoms. The average Bonchev–Trinajstić information content (AvgIpc) is 3.01. The topological polar surface area (TPSA) is 112 Å². The summed E-state index contributed by atoms with van der Waals surface area (Å²) in [6, 6.07) is 16.8.